The van der Waals surface area contributed by atoms with Gasteiger partial charge in [0.15, 0.2) is 0 Å². The SMILES string of the molecule is CC[C@@]1(c2ccc(F)cc2)NC(=O)N(CC(=O)N[C@H]2CCC[C@H](C)[C@@H]2C)C1=O. The number of amides is 4. The van der Waals surface area contributed by atoms with Gasteiger partial charge in [0.25, 0.3) is 5.91 Å². The van der Waals surface area contributed by atoms with Crippen LogP contribution in [0, 0.1) is 17.7 Å². The zero-order valence-corrected chi connectivity index (χ0v) is 16.6. The lowest BCUT2D eigenvalue weighted by Gasteiger charge is -2.34. The molecule has 1 aromatic carbocycles. The minimum absolute atomic E-state index is 0.0602. The molecule has 7 heteroatoms. The van der Waals surface area contributed by atoms with E-state index in [9.17, 15) is 18.8 Å². The van der Waals surface area contributed by atoms with Crippen LogP contribution >= 0.6 is 0 Å². The Hall–Kier alpha value is -2.44. The van der Waals surface area contributed by atoms with Crippen LogP contribution in [0.1, 0.15) is 52.0 Å². The van der Waals surface area contributed by atoms with Crippen LogP contribution in [0.15, 0.2) is 24.3 Å². The second kappa shape index (κ2) is 7.89. The van der Waals surface area contributed by atoms with E-state index in [1.807, 2.05) is 0 Å². The number of carbonyl (C=O) groups is 3. The van der Waals surface area contributed by atoms with Crippen LogP contribution in [0.4, 0.5) is 9.18 Å². The minimum atomic E-state index is -1.27. The Balaban J connectivity index is 1.72. The molecule has 2 N–H and O–H groups in total. The summed E-state index contributed by atoms with van der Waals surface area (Å²) in [6.07, 6.45) is 3.42. The molecule has 4 amide bonds. The summed E-state index contributed by atoms with van der Waals surface area (Å²) in [6, 6.07) is 4.96. The first kappa shape index (κ1) is 20.3. The number of hydrogen-bond acceptors (Lipinski definition) is 3. The van der Waals surface area contributed by atoms with Gasteiger partial charge in [-0.1, -0.05) is 45.7 Å². The van der Waals surface area contributed by atoms with Crippen molar-refractivity contribution < 1.29 is 18.8 Å². The third-order valence-corrected chi connectivity index (χ3v) is 6.40. The molecule has 6 nitrogen and oxygen atoms in total. The summed E-state index contributed by atoms with van der Waals surface area (Å²) in [6.45, 7) is 5.76. The fourth-order valence-corrected chi connectivity index (χ4v) is 4.33. The van der Waals surface area contributed by atoms with Crippen molar-refractivity contribution in [3.05, 3.63) is 35.6 Å². The molecule has 0 unspecified atom stereocenters. The first-order valence-electron chi connectivity index (χ1n) is 9.98. The molecule has 3 rings (SSSR count). The molecular formula is C21H28FN3O3. The van der Waals surface area contributed by atoms with Gasteiger partial charge in [0.1, 0.15) is 17.9 Å². The summed E-state index contributed by atoms with van der Waals surface area (Å²) in [5.41, 5.74) is -0.759. The Kier molecular flexibility index (Phi) is 5.72. The molecule has 1 aliphatic heterocycles. The molecule has 1 heterocycles. The third kappa shape index (κ3) is 3.62. The van der Waals surface area contributed by atoms with Crippen molar-refractivity contribution in [3.8, 4) is 0 Å². The number of hydrogen-bond donors (Lipinski definition) is 2. The number of carbonyl (C=O) groups excluding carboxylic acids is 3. The molecule has 2 aliphatic rings. The topological polar surface area (TPSA) is 78.5 Å². The van der Waals surface area contributed by atoms with Crippen LogP contribution in [-0.2, 0) is 15.1 Å². The molecule has 0 spiro atoms. The number of imide groups is 1. The monoisotopic (exact) mass is 389 g/mol. The molecule has 1 saturated carbocycles. The predicted molar refractivity (Wildman–Crippen MR) is 103 cm³/mol. The van der Waals surface area contributed by atoms with Gasteiger partial charge >= 0.3 is 6.03 Å². The molecule has 4 atom stereocenters. The molecule has 152 valence electrons. The van der Waals surface area contributed by atoms with E-state index in [1.165, 1.54) is 24.3 Å². The Morgan fingerprint density at radius 1 is 1.25 bits per heavy atom. The quantitative estimate of drug-likeness (QED) is 0.760. The average molecular weight is 389 g/mol. The Bertz CT molecular complexity index is 767. The van der Waals surface area contributed by atoms with Gasteiger partial charge in [-0.05, 0) is 42.4 Å². The largest absolute Gasteiger partial charge is 0.352 e. The van der Waals surface area contributed by atoms with Gasteiger partial charge in [0.05, 0.1) is 0 Å². The lowest BCUT2D eigenvalue weighted by Crippen LogP contribution is -2.49. The first-order chi connectivity index (χ1) is 13.3. The van der Waals surface area contributed by atoms with Crippen molar-refractivity contribution in [2.75, 3.05) is 6.54 Å². The van der Waals surface area contributed by atoms with Crippen molar-refractivity contribution in [1.29, 1.82) is 0 Å². The summed E-state index contributed by atoms with van der Waals surface area (Å²) < 4.78 is 13.3. The third-order valence-electron chi connectivity index (χ3n) is 6.40. The van der Waals surface area contributed by atoms with Crippen molar-refractivity contribution in [2.24, 2.45) is 11.8 Å². The highest BCUT2D eigenvalue weighted by Crippen LogP contribution is 2.33. The van der Waals surface area contributed by atoms with E-state index in [1.54, 1.807) is 6.92 Å². The van der Waals surface area contributed by atoms with Crippen LogP contribution in [0.3, 0.4) is 0 Å². The molecule has 0 bridgehead atoms. The first-order valence-corrected chi connectivity index (χ1v) is 9.98. The van der Waals surface area contributed by atoms with Gasteiger partial charge in [-0.15, -0.1) is 0 Å². The zero-order valence-electron chi connectivity index (χ0n) is 16.6. The van der Waals surface area contributed by atoms with Crippen molar-refractivity contribution in [1.82, 2.24) is 15.5 Å². The van der Waals surface area contributed by atoms with Crippen LogP contribution in [-0.4, -0.2) is 35.3 Å². The number of benzene rings is 1. The van der Waals surface area contributed by atoms with Gasteiger partial charge in [0, 0.05) is 6.04 Å². The van der Waals surface area contributed by atoms with E-state index in [-0.39, 0.29) is 18.5 Å². The number of nitrogens with zero attached hydrogens (tertiary/aromatic N) is 1. The molecule has 1 aromatic rings. The maximum absolute atomic E-state index is 13.3. The van der Waals surface area contributed by atoms with E-state index in [0.717, 1.165) is 24.2 Å². The highest BCUT2D eigenvalue weighted by molar-refractivity contribution is 6.09. The molecule has 28 heavy (non-hydrogen) atoms. The van der Waals surface area contributed by atoms with Crippen molar-refractivity contribution >= 4 is 17.8 Å². The molecule has 1 aliphatic carbocycles. The molecule has 0 radical (unpaired) electrons. The molecule has 1 saturated heterocycles. The van der Waals surface area contributed by atoms with Gasteiger partial charge in [0.2, 0.25) is 5.91 Å². The lowest BCUT2D eigenvalue weighted by atomic mass is 9.78. The summed E-state index contributed by atoms with van der Waals surface area (Å²) in [5.74, 6) is -0.345. The number of nitrogens with one attached hydrogen (secondary N) is 2. The van der Waals surface area contributed by atoms with Gasteiger partial charge in [-0.3, -0.25) is 14.5 Å². The number of halogens is 1. The normalized spacial score (nSPS) is 30.3. The second-order valence-corrected chi connectivity index (χ2v) is 8.03. The van der Waals surface area contributed by atoms with Gasteiger partial charge < -0.3 is 10.6 Å². The fraction of sp³-hybridized carbons (Fsp3) is 0.571. The van der Waals surface area contributed by atoms with E-state index < -0.39 is 23.3 Å². The van der Waals surface area contributed by atoms with Crippen molar-refractivity contribution in [3.63, 3.8) is 0 Å². The maximum Gasteiger partial charge on any atom is 0.325 e. The Labute approximate surface area is 164 Å². The van der Waals surface area contributed by atoms with Crippen LogP contribution < -0.4 is 10.6 Å². The lowest BCUT2D eigenvalue weighted by molar-refractivity contribution is -0.135. The van der Waals surface area contributed by atoms with E-state index in [2.05, 4.69) is 24.5 Å². The van der Waals surface area contributed by atoms with Crippen LogP contribution in [0.5, 0.6) is 0 Å². The standard InChI is InChI=1S/C21H28FN3O3/c1-4-21(15-8-10-16(22)11-9-15)19(27)25(20(28)24-21)12-18(26)23-17-7-5-6-13(2)14(17)3/h8-11,13-14,17H,4-7,12H2,1-3H3,(H,23,26)(H,24,28)/t13-,14-,17-,21-/m0/s1. The van der Waals surface area contributed by atoms with Gasteiger partial charge in [-0.25, -0.2) is 9.18 Å². The predicted octanol–water partition coefficient (Wildman–Crippen LogP) is 2.92. The molecule has 0 aromatic heterocycles. The highest BCUT2D eigenvalue weighted by atomic mass is 19.1. The molecule has 2 fully saturated rings. The summed E-state index contributed by atoms with van der Waals surface area (Å²) in [5, 5.41) is 5.71. The average Bonchev–Trinajstić information content (AvgIpc) is 2.91. The van der Waals surface area contributed by atoms with E-state index >= 15 is 0 Å². The fourth-order valence-electron chi connectivity index (χ4n) is 4.33. The Morgan fingerprint density at radius 2 is 1.93 bits per heavy atom. The minimum Gasteiger partial charge on any atom is -0.352 e. The molecular weight excluding hydrogens is 361 g/mol. The van der Waals surface area contributed by atoms with E-state index in [4.69, 9.17) is 0 Å². The number of rotatable bonds is 5. The van der Waals surface area contributed by atoms with Crippen molar-refractivity contribution in [2.45, 2.75) is 58.0 Å². The highest BCUT2D eigenvalue weighted by Gasteiger charge is 2.51. The number of urea groups is 1. The zero-order chi connectivity index (χ0) is 20.5. The van der Waals surface area contributed by atoms with Crippen LogP contribution in [0.2, 0.25) is 0 Å². The second-order valence-electron chi connectivity index (χ2n) is 8.03. The summed E-state index contributed by atoms with van der Waals surface area (Å²) in [4.78, 5) is 39.1. The smallest absolute Gasteiger partial charge is 0.325 e. The Morgan fingerprint density at radius 3 is 2.57 bits per heavy atom. The summed E-state index contributed by atoms with van der Waals surface area (Å²) >= 11 is 0. The maximum atomic E-state index is 13.3. The summed E-state index contributed by atoms with van der Waals surface area (Å²) in [7, 11) is 0. The van der Waals surface area contributed by atoms with Gasteiger partial charge in [-0.2, -0.15) is 0 Å². The van der Waals surface area contributed by atoms with Crippen LogP contribution in [0.25, 0.3) is 0 Å². The van der Waals surface area contributed by atoms with E-state index in [0.29, 0.717) is 23.8 Å².